The largest absolute Gasteiger partial charge is 0.486 e. The topological polar surface area (TPSA) is 24.9 Å². The van der Waals surface area contributed by atoms with Crippen LogP contribution in [0, 0.1) is 6.92 Å². The van der Waals surface area contributed by atoms with Crippen molar-refractivity contribution in [3.8, 4) is 22.6 Å². The van der Waals surface area contributed by atoms with E-state index in [2.05, 4.69) is 200 Å². The molecule has 0 saturated heterocycles. The average molecular weight is 763 g/mol. The van der Waals surface area contributed by atoms with Crippen molar-refractivity contribution < 1.29 is 9.47 Å². The summed E-state index contributed by atoms with van der Waals surface area (Å²) < 4.78 is 12.2. The third kappa shape index (κ3) is 8.04. The molecule has 56 heavy (non-hydrogen) atoms. The monoisotopic (exact) mass is 762 g/mol. The van der Waals surface area contributed by atoms with Crippen molar-refractivity contribution in [1.29, 1.82) is 0 Å². The number of benzene rings is 6. The molecule has 0 fully saturated rings. The van der Waals surface area contributed by atoms with Gasteiger partial charge in [-0.2, -0.15) is 0 Å². The first-order chi connectivity index (χ1) is 26.5. The van der Waals surface area contributed by atoms with E-state index < -0.39 is 0 Å². The fraction of sp³-hybridized carbons (Fsp3) is 0.294. The zero-order valence-corrected chi connectivity index (χ0v) is 35.4. The van der Waals surface area contributed by atoms with E-state index in [1.54, 1.807) is 0 Å². The molecule has 288 valence electrons. The number of hydrogen-bond acceptors (Lipinski definition) is 4. The molecular formula is C51H55ClN2O2. The molecule has 0 atom stereocenters. The summed E-state index contributed by atoms with van der Waals surface area (Å²) in [6.07, 6.45) is 0. The van der Waals surface area contributed by atoms with Gasteiger partial charge in [0.25, 0.3) is 0 Å². The maximum Gasteiger partial charge on any atom is 0.163 e. The van der Waals surface area contributed by atoms with E-state index >= 15 is 0 Å². The van der Waals surface area contributed by atoms with Gasteiger partial charge in [-0.1, -0.05) is 135 Å². The lowest BCUT2D eigenvalue weighted by atomic mass is 9.84. The number of hydrogen-bond donors (Lipinski definition) is 0. The van der Waals surface area contributed by atoms with E-state index in [0.717, 1.165) is 62.3 Å². The second-order valence-corrected chi connectivity index (χ2v) is 18.4. The van der Waals surface area contributed by atoms with Gasteiger partial charge >= 0.3 is 0 Å². The third-order valence-electron chi connectivity index (χ3n) is 10.6. The van der Waals surface area contributed by atoms with Gasteiger partial charge in [0, 0.05) is 23.0 Å². The predicted molar refractivity (Wildman–Crippen MR) is 238 cm³/mol. The first-order valence-electron chi connectivity index (χ1n) is 19.7. The maximum atomic E-state index is 7.88. The molecule has 7 rings (SSSR count). The van der Waals surface area contributed by atoms with Gasteiger partial charge in [0.05, 0.1) is 27.8 Å². The molecule has 6 aromatic carbocycles. The molecule has 0 aromatic heterocycles. The van der Waals surface area contributed by atoms with Crippen LogP contribution >= 0.6 is 11.6 Å². The summed E-state index contributed by atoms with van der Waals surface area (Å²) in [6.45, 7) is 23.4. The number of nitrogens with zero attached hydrogens (tertiary/aromatic N) is 2. The van der Waals surface area contributed by atoms with Crippen LogP contribution < -0.4 is 19.3 Å². The Bertz CT molecular complexity index is 2270. The summed E-state index contributed by atoms with van der Waals surface area (Å²) in [7, 11) is 0. The molecule has 6 aromatic rings. The van der Waals surface area contributed by atoms with Crippen LogP contribution in [0.5, 0.6) is 11.5 Å². The van der Waals surface area contributed by atoms with Gasteiger partial charge in [-0.05, 0) is 112 Å². The van der Waals surface area contributed by atoms with E-state index in [1.807, 2.05) is 6.07 Å². The Morgan fingerprint density at radius 1 is 0.464 bits per heavy atom. The minimum atomic E-state index is -0.0520. The minimum absolute atomic E-state index is 0.0228. The summed E-state index contributed by atoms with van der Waals surface area (Å²) in [5.41, 5.74) is 12.9. The number of ether oxygens (including phenoxy) is 2. The van der Waals surface area contributed by atoms with Crippen molar-refractivity contribution in [3.05, 3.63) is 155 Å². The number of fused-ring (bicyclic) bond motifs is 1. The van der Waals surface area contributed by atoms with Gasteiger partial charge in [0.2, 0.25) is 0 Å². The first kappa shape index (κ1) is 39.1. The zero-order chi connectivity index (χ0) is 40.0. The summed E-state index contributed by atoms with van der Waals surface area (Å²) in [5.74, 6) is 1.46. The second-order valence-electron chi connectivity index (χ2n) is 18.1. The fourth-order valence-corrected chi connectivity index (χ4v) is 7.61. The smallest absolute Gasteiger partial charge is 0.163 e. The molecule has 4 nitrogen and oxygen atoms in total. The predicted octanol–water partition coefficient (Wildman–Crippen LogP) is 14.9. The van der Waals surface area contributed by atoms with Crippen molar-refractivity contribution in [2.24, 2.45) is 0 Å². The van der Waals surface area contributed by atoms with Crippen LogP contribution in [0.2, 0.25) is 5.02 Å². The Morgan fingerprint density at radius 2 is 0.946 bits per heavy atom. The van der Waals surface area contributed by atoms with Gasteiger partial charge in [0.1, 0.15) is 13.2 Å². The molecule has 1 aliphatic heterocycles. The molecule has 0 N–H and O–H groups in total. The number of halogens is 1. The van der Waals surface area contributed by atoms with Crippen molar-refractivity contribution in [1.82, 2.24) is 0 Å². The lowest BCUT2D eigenvalue weighted by Crippen LogP contribution is -2.18. The molecule has 0 unspecified atom stereocenters. The van der Waals surface area contributed by atoms with E-state index in [4.69, 9.17) is 21.1 Å². The van der Waals surface area contributed by atoms with Crippen molar-refractivity contribution in [3.63, 3.8) is 0 Å². The van der Waals surface area contributed by atoms with Gasteiger partial charge in [0.15, 0.2) is 11.5 Å². The van der Waals surface area contributed by atoms with E-state index in [0.29, 0.717) is 18.2 Å². The Morgan fingerprint density at radius 3 is 1.48 bits per heavy atom. The molecular weight excluding hydrogens is 708 g/mol. The average Bonchev–Trinajstić information content (AvgIpc) is 3.16. The van der Waals surface area contributed by atoms with E-state index in [-0.39, 0.29) is 16.2 Å². The molecule has 0 bridgehead atoms. The molecule has 5 heteroatoms. The molecule has 0 aliphatic carbocycles. The number of anilines is 6. The first-order valence-corrected chi connectivity index (χ1v) is 20.1. The highest BCUT2D eigenvalue weighted by molar-refractivity contribution is 6.37. The van der Waals surface area contributed by atoms with Gasteiger partial charge in [-0.25, -0.2) is 0 Å². The maximum absolute atomic E-state index is 7.88. The Kier molecular flexibility index (Phi) is 10.5. The normalized spacial score (nSPS) is 13.1. The molecule has 1 aliphatic rings. The van der Waals surface area contributed by atoms with Gasteiger partial charge < -0.3 is 19.3 Å². The molecule has 0 radical (unpaired) electrons. The highest BCUT2D eigenvalue weighted by atomic mass is 35.5. The second kappa shape index (κ2) is 15.0. The Hall–Kier alpha value is -5.19. The SMILES string of the molecule is Cc1cc(N(c2ccc(C(C)(C)C)cc2)c2ccc(C(C)(C)C)cc2)c(Cl)c(N(c2ccc3c(c2)OCCO3)c2ccc(C(C)(C)C)cc2-c2ccccc2)c1. The van der Waals surface area contributed by atoms with Crippen LogP contribution in [0.1, 0.15) is 84.6 Å². The summed E-state index contributed by atoms with van der Waals surface area (Å²) >= 11 is 7.88. The highest BCUT2D eigenvalue weighted by Gasteiger charge is 2.28. The lowest BCUT2D eigenvalue weighted by molar-refractivity contribution is 0.171. The van der Waals surface area contributed by atoms with Gasteiger partial charge in [-0.15, -0.1) is 0 Å². The number of rotatable bonds is 7. The van der Waals surface area contributed by atoms with Crippen LogP contribution in [0.4, 0.5) is 34.1 Å². The Labute approximate surface area is 339 Å². The Balaban J connectivity index is 1.50. The van der Waals surface area contributed by atoms with Crippen LogP contribution in [0.25, 0.3) is 11.1 Å². The van der Waals surface area contributed by atoms with Gasteiger partial charge in [-0.3, -0.25) is 0 Å². The van der Waals surface area contributed by atoms with Crippen molar-refractivity contribution in [2.45, 2.75) is 85.5 Å². The molecule has 0 spiro atoms. The van der Waals surface area contributed by atoms with Crippen LogP contribution in [0.3, 0.4) is 0 Å². The fourth-order valence-electron chi connectivity index (χ4n) is 7.33. The van der Waals surface area contributed by atoms with Crippen LogP contribution in [-0.2, 0) is 16.2 Å². The van der Waals surface area contributed by atoms with Crippen LogP contribution in [-0.4, -0.2) is 13.2 Å². The van der Waals surface area contributed by atoms with Crippen LogP contribution in [0.15, 0.2) is 127 Å². The van der Waals surface area contributed by atoms with Crippen molar-refractivity contribution >= 4 is 45.7 Å². The third-order valence-corrected chi connectivity index (χ3v) is 11.0. The lowest BCUT2D eigenvalue weighted by Gasteiger charge is -2.34. The minimum Gasteiger partial charge on any atom is -0.486 e. The molecule has 0 amide bonds. The zero-order valence-electron chi connectivity index (χ0n) is 34.6. The van der Waals surface area contributed by atoms with E-state index in [9.17, 15) is 0 Å². The van der Waals surface area contributed by atoms with E-state index in [1.165, 1.54) is 16.7 Å². The quantitative estimate of drug-likeness (QED) is 0.162. The molecule has 0 saturated carbocycles. The molecule has 1 heterocycles. The van der Waals surface area contributed by atoms with Crippen molar-refractivity contribution in [2.75, 3.05) is 23.0 Å². The summed E-state index contributed by atoms with van der Waals surface area (Å²) in [5, 5.41) is 0.629. The summed E-state index contributed by atoms with van der Waals surface area (Å²) in [4.78, 5) is 4.58. The standard InChI is InChI=1S/C51H55ClN2O2/c1-34-30-44(53(39-21-16-36(17-22-39)49(2,3)4)40-23-18-37(19-24-40)50(5,6)7)48(52)45(31-34)54(41-25-27-46-47(33-41)56-29-28-55-46)43-26-20-38(51(8,9)10)32-42(43)35-14-12-11-13-15-35/h11-27,30-33H,28-29H2,1-10H3. The highest BCUT2D eigenvalue weighted by Crippen LogP contribution is 2.51. The number of aryl methyl sites for hydroxylation is 1. The summed E-state index contributed by atoms with van der Waals surface area (Å²) in [6, 6.07) is 45.8.